The molecule has 0 aliphatic carbocycles. The number of unbranched alkanes of at least 4 members (excludes halogenated alkanes) is 2. The lowest BCUT2D eigenvalue weighted by Crippen LogP contribution is -2.44. The SMILES string of the molecule is CCN1c2cc3[o+]c(C(C)(C)C)cc(/C=C/C=C/C=C4/N(CCCCCC(=O)O)c5ccc(S(=O)(=O)[O-])cc5C4(C)C)c3cc2C(C)=CC1(C)C. The minimum Gasteiger partial charge on any atom is -0.744 e. The number of hydrogen-bond acceptors (Lipinski definition) is 6. The van der Waals surface area contributed by atoms with Gasteiger partial charge in [0.05, 0.1) is 33.0 Å². The molecule has 0 saturated carbocycles. The Kier molecular flexibility index (Phi) is 10.5. The van der Waals surface area contributed by atoms with Crippen LogP contribution >= 0.6 is 0 Å². The zero-order valence-corrected chi connectivity index (χ0v) is 32.3. The van der Waals surface area contributed by atoms with Crippen LogP contribution in [0, 0.1) is 0 Å². The second-order valence-corrected chi connectivity index (χ2v) is 17.2. The van der Waals surface area contributed by atoms with Gasteiger partial charge in [-0.2, -0.15) is 0 Å². The molecule has 2 aromatic carbocycles. The van der Waals surface area contributed by atoms with Crippen LogP contribution < -0.4 is 9.80 Å². The van der Waals surface area contributed by atoms with Crippen LogP contribution in [0.4, 0.5) is 11.4 Å². The number of rotatable bonds is 11. The van der Waals surface area contributed by atoms with Gasteiger partial charge >= 0.3 is 17.3 Å². The summed E-state index contributed by atoms with van der Waals surface area (Å²) in [5.74, 6) is 0.0915. The van der Waals surface area contributed by atoms with E-state index in [2.05, 4.69) is 88.6 Å². The van der Waals surface area contributed by atoms with Crippen LogP contribution in [0.25, 0.3) is 22.6 Å². The lowest BCUT2D eigenvalue weighted by Gasteiger charge is -2.42. The summed E-state index contributed by atoms with van der Waals surface area (Å²) in [5, 5.41) is 10.1. The molecule has 0 atom stereocenters. The minimum absolute atomic E-state index is 0.107. The van der Waals surface area contributed by atoms with E-state index in [1.165, 1.54) is 29.0 Å². The topological polar surface area (TPSA) is 112 Å². The van der Waals surface area contributed by atoms with E-state index in [9.17, 15) is 17.8 Å². The van der Waals surface area contributed by atoms with E-state index in [1.54, 1.807) is 6.07 Å². The third-order valence-corrected chi connectivity index (χ3v) is 11.0. The number of likely N-dealkylation sites (N-methyl/N-ethyl adjacent to an activating group) is 1. The molecule has 0 radical (unpaired) electrons. The van der Waals surface area contributed by atoms with Crippen LogP contribution in [-0.2, 0) is 25.7 Å². The van der Waals surface area contributed by atoms with Gasteiger partial charge in [-0.15, -0.1) is 0 Å². The molecule has 1 N–H and O–H groups in total. The smallest absolute Gasteiger partial charge is 0.362 e. The summed E-state index contributed by atoms with van der Waals surface area (Å²) in [7, 11) is -4.62. The predicted octanol–water partition coefficient (Wildman–Crippen LogP) is 9.83. The van der Waals surface area contributed by atoms with Gasteiger partial charge in [-0.05, 0) is 103 Å². The van der Waals surface area contributed by atoms with Crippen molar-refractivity contribution in [3.8, 4) is 0 Å². The quantitative estimate of drug-likeness (QED) is 0.0905. The number of carboxylic acid groups (broad SMARTS) is 1. The summed E-state index contributed by atoms with van der Waals surface area (Å²) in [5.41, 5.74) is 7.25. The Balaban J connectivity index is 1.51. The third kappa shape index (κ3) is 7.85. The van der Waals surface area contributed by atoms with E-state index in [-0.39, 0.29) is 22.3 Å². The fraction of sp³-hybridized carbons (Fsp3) is 0.429. The fourth-order valence-corrected chi connectivity index (χ4v) is 8.01. The first-order chi connectivity index (χ1) is 23.8. The molecule has 272 valence electrons. The minimum atomic E-state index is -4.62. The summed E-state index contributed by atoms with van der Waals surface area (Å²) in [6.45, 7) is 20.9. The van der Waals surface area contributed by atoms with Crippen LogP contribution in [0.15, 0.2) is 81.8 Å². The van der Waals surface area contributed by atoms with Gasteiger partial charge in [0.25, 0.3) is 0 Å². The van der Waals surface area contributed by atoms with E-state index >= 15 is 0 Å². The van der Waals surface area contributed by atoms with E-state index in [1.807, 2.05) is 38.2 Å². The highest BCUT2D eigenvalue weighted by Crippen LogP contribution is 2.49. The molecule has 5 rings (SSSR count). The summed E-state index contributed by atoms with van der Waals surface area (Å²) in [4.78, 5) is 15.4. The number of benzene rings is 2. The molecule has 0 amide bonds. The lowest BCUT2D eigenvalue weighted by molar-refractivity contribution is -0.137. The van der Waals surface area contributed by atoms with Crippen LogP contribution in [0.3, 0.4) is 0 Å². The zero-order chi connectivity index (χ0) is 37.5. The highest BCUT2D eigenvalue weighted by molar-refractivity contribution is 7.85. The van der Waals surface area contributed by atoms with Gasteiger partial charge in [-0.1, -0.05) is 50.6 Å². The van der Waals surface area contributed by atoms with Crippen molar-refractivity contribution >= 4 is 50.1 Å². The molecule has 2 aliphatic heterocycles. The highest BCUT2D eigenvalue weighted by Gasteiger charge is 2.40. The van der Waals surface area contributed by atoms with Gasteiger partial charge in [0.15, 0.2) is 0 Å². The number of aliphatic carboxylic acids is 1. The fourth-order valence-electron chi connectivity index (χ4n) is 7.51. The molecular weight excluding hydrogens is 661 g/mol. The Bertz CT molecular complexity index is 2080. The Morgan fingerprint density at radius 2 is 1.71 bits per heavy atom. The number of allylic oxidation sites excluding steroid dienone is 6. The van der Waals surface area contributed by atoms with Crippen LogP contribution in [-0.4, -0.2) is 42.7 Å². The summed E-state index contributed by atoms with van der Waals surface area (Å²) in [6, 6.07) is 11.1. The number of carboxylic acids is 1. The second-order valence-electron chi connectivity index (χ2n) is 15.8. The van der Waals surface area contributed by atoms with Gasteiger partial charge in [0.1, 0.15) is 10.1 Å². The molecule has 3 heterocycles. The standard InChI is InChI=1S/C42H52N2O6S/c1-10-44-35-26-36-32(25-31(35)28(2)27-41(44,6)7)29(23-38(50-36)40(3,4)5)17-13-11-14-18-37-42(8,9)33-24-30(51(47,48)49)20-21-34(33)43(37)22-16-12-15-19-39(45)46/h11,13-14,17-18,20-21,23-27H,10,12,15-16,19,22H2,1-9H3,(H-,45,46,47,48,49)/b14-11+,17-13+,37-18+. The Labute approximate surface area is 303 Å². The van der Waals surface area contributed by atoms with Gasteiger partial charge in [-0.25, -0.2) is 12.8 Å². The number of anilines is 2. The molecule has 0 spiro atoms. The Morgan fingerprint density at radius 1 is 0.980 bits per heavy atom. The maximum atomic E-state index is 11.9. The van der Waals surface area contributed by atoms with Crippen molar-refractivity contribution in [2.45, 2.75) is 109 Å². The average molecular weight is 713 g/mol. The van der Waals surface area contributed by atoms with Crippen LogP contribution in [0.5, 0.6) is 0 Å². The normalized spacial score (nSPS) is 17.8. The van der Waals surface area contributed by atoms with Crippen molar-refractivity contribution in [1.82, 2.24) is 0 Å². The van der Waals surface area contributed by atoms with Crippen molar-refractivity contribution < 1.29 is 27.3 Å². The molecule has 0 saturated heterocycles. The van der Waals surface area contributed by atoms with Crippen LogP contribution in [0.2, 0.25) is 0 Å². The zero-order valence-electron chi connectivity index (χ0n) is 31.5. The molecule has 9 heteroatoms. The lowest BCUT2D eigenvalue weighted by atomic mass is 9.83. The largest absolute Gasteiger partial charge is 0.744 e. The van der Waals surface area contributed by atoms with Crippen LogP contribution in [0.1, 0.15) is 110 Å². The van der Waals surface area contributed by atoms with Crippen molar-refractivity contribution in [2.75, 3.05) is 22.9 Å². The van der Waals surface area contributed by atoms with E-state index in [4.69, 9.17) is 9.52 Å². The molecule has 3 aromatic rings. The maximum absolute atomic E-state index is 11.9. The highest BCUT2D eigenvalue weighted by atomic mass is 32.2. The van der Waals surface area contributed by atoms with E-state index in [0.717, 1.165) is 58.6 Å². The van der Waals surface area contributed by atoms with Gasteiger partial charge in [0.2, 0.25) is 0 Å². The van der Waals surface area contributed by atoms with E-state index < -0.39 is 21.5 Å². The molecule has 1 aromatic heterocycles. The van der Waals surface area contributed by atoms with Gasteiger partial charge in [0, 0.05) is 53.5 Å². The van der Waals surface area contributed by atoms with Crippen molar-refractivity contribution in [3.63, 3.8) is 0 Å². The van der Waals surface area contributed by atoms with Crippen molar-refractivity contribution in [3.05, 3.63) is 94.9 Å². The first-order valence-electron chi connectivity index (χ1n) is 17.8. The van der Waals surface area contributed by atoms with Crippen molar-refractivity contribution in [2.24, 2.45) is 0 Å². The first kappa shape index (κ1) is 38.0. The monoisotopic (exact) mass is 712 g/mol. The number of nitrogens with zero attached hydrogens (tertiary/aromatic N) is 2. The second kappa shape index (κ2) is 14.1. The molecule has 0 bridgehead atoms. The molecule has 0 fully saturated rings. The maximum Gasteiger partial charge on any atom is 0.362 e. The molecule has 51 heavy (non-hydrogen) atoms. The van der Waals surface area contributed by atoms with E-state index in [0.29, 0.717) is 13.0 Å². The number of carbonyl (C=O) groups is 1. The molecule has 0 unspecified atom stereocenters. The van der Waals surface area contributed by atoms with Gasteiger partial charge < -0.3 is 19.5 Å². The average Bonchev–Trinajstić information content (AvgIpc) is 3.23. The summed E-state index contributed by atoms with van der Waals surface area (Å²) < 4.78 is 42.3. The number of fused-ring (bicyclic) bond motifs is 3. The molecule has 2 aliphatic rings. The molecule has 8 nitrogen and oxygen atoms in total. The predicted molar refractivity (Wildman–Crippen MR) is 207 cm³/mol. The first-order valence-corrected chi connectivity index (χ1v) is 19.2. The Hall–Kier alpha value is -4.21. The molecular formula is C42H52N2O6S. The van der Waals surface area contributed by atoms with Crippen molar-refractivity contribution in [1.29, 1.82) is 0 Å². The Morgan fingerprint density at radius 3 is 2.35 bits per heavy atom. The third-order valence-electron chi connectivity index (χ3n) is 10.1. The summed E-state index contributed by atoms with van der Waals surface area (Å²) in [6.07, 6.45) is 14.7. The summed E-state index contributed by atoms with van der Waals surface area (Å²) >= 11 is 0. The van der Waals surface area contributed by atoms with Gasteiger partial charge in [-0.3, -0.25) is 4.79 Å². The number of hydrogen-bond donors (Lipinski definition) is 1.